The Morgan fingerprint density at radius 1 is 1.26 bits per heavy atom. The molecular formula is C27H32N5O10P. The van der Waals surface area contributed by atoms with Crippen LogP contribution in [0.3, 0.4) is 0 Å². The summed E-state index contributed by atoms with van der Waals surface area (Å²) >= 11 is 0. The van der Waals surface area contributed by atoms with Crippen molar-refractivity contribution in [2.24, 2.45) is 5.11 Å². The van der Waals surface area contributed by atoms with Crippen LogP contribution in [0.15, 0.2) is 59.9 Å². The number of aliphatic hydroxyl groups excluding tert-OH is 2. The van der Waals surface area contributed by atoms with E-state index in [1.807, 2.05) is 0 Å². The molecule has 1 unspecified atom stereocenters. The highest BCUT2D eigenvalue weighted by atomic mass is 31.2. The van der Waals surface area contributed by atoms with Gasteiger partial charge in [0.1, 0.15) is 29.6 Å². The van der Waals surface area contributed by atoms with Crippen LogP contribution < -0.4 is 9.61 Å². The first-order chi connectivity index (χ1) is 20.2. The van der Waals surface area contributed by atoms with Gasteiger partial charge in [-0.25, -0.2) is 4.57 Å². The van der Waals surface area contributed by atoms with Crippen molar-refractivity contribution >= 4 is 36.2 Å². The summed E-state index contributed by atoms with van der Waals surface area (Å²) in [6.45, 7) is 5.37. The largest absolute Gasteiger partial charge is 0.459 e. The van der Waals surface area contributed by atoms with Gasteiger partial charge in [-0.3, -0.25) is 23.8 Å². The van der Waals surface area contributed by atoms with E-state index >= 15 is 0 Å². The molecule has 43 heavy (non-hydrogen) atoms. The van der Waals surface area contributed by atoms with Crippen molar-refractivity contribution < 1.29 is 47.7 Å². The van der Waals surface area contributed by atoms with Crippen molar-refractivity contribution in [3.63, 3.8) is 0 Å². The van der Waals surface area contributed by atoms with Crippen LogP contribution in [0.2, 0.25) is 0 Å². The van der Waals surface area contributed by atoms with E-state index in [9.17, 15) is 34.7 Å². The topological polar surface area (TPSA) is 210 Å². The molecule has 0 aliphatic carbocycles. The fraction of sp³-hybridized carbons (Fsp3) is 0.444. The van der Waals surface area contributed by atoms with Gasteiger partial charge in [0.2, 0.25) is 11.6 Å². The third-order valence-electron chi connectivity index (χ3n) is 6.45. The first-order valence-corrected chi connectivity index (χ1v) is 14.8. The summed E-state index contributed by atoms with van der Waals surface area (Å²) < 4.78 is 36.8. The predicted molar refractivity (Wildman–Crippen MR) is 151 cm³/mol. The standard InChI is InChI=1S/C27H32N5O10P/c1-16(25(37)41-26(2,3)4)29-43(38,42-20-11-7-9-17-8-5-6-10-19(17)20)39-15-27(30-31-28)23(36)22(35)24(40-27)32-13-12-18(33)14-21(32)34/h5-13,16,22-24,35-36H,14-15H2,1-4H3,(H,29,38)/t16-,22+,23-,24+,27+,43?/m0/s1. The van der Waals surface area contributed by atoms with Gasteiger partial charge in [-0.1, -0.05) is 41.5 Å². The van der Waals surface area contributed by atoms with E-state index in [0.29, 0.717) is 5.39 Å². The molecule has 16 heteroatoms. The molecule has 230 valence electrons. The molecule has 1 fully saturated rings. The lowest BCUT2D eigenvalue weighted by Gasteiger charge is -2.31. The molecule has 6 atom stereocenters. The zero-order valence-electron chi connectivity index (χ0n) is 23.8. The maximum absolute atomic E-state index is 14.3. The molecule has 0 radical (unpaired) electrons. The number of amides is 1. The number of azide groups is 1. The lowest BCUT2D eigenvalue weighted by atomic mass is 10.1. The van der Waals surface area contributed by atoms with E-state index in [2.05, 4.69) is 15.1 Å². The summed E-state index contributed by atoms with van der Waals surface area (Å²) in [7, 11) is -4.60. The number of nitrogens with zero attached hydrogens (tertiary/aromatic N) is 4. The van der Waals surface area contributed by atoms with Crippen molar-refractivity contribution in [2.45, 2.75) is 69.9 Å². The number of esters is 1. The monoisotopic (exact) mass is 617 g/mol. The number of carbonyl (C=O) groups excluding carboxylic acids is 3. The second kappa shape index (κ2) is 12.4. The Labute approximate surface area is 246 Å². The third kappa shape index (κ3) is 7.23. The second-order valence-electron chi connectivity index (χ2n) is 11.0. The van der Waals surface area contributed by atoms with Gasteiger partial charge in [-0.15, -0.1) is 0 Å². The van der Waals surface area contributed by atoms with Gasteiger partial charge in [0, 0.05) is 16.5 Å². The van der Waals surface area contributed by atoms with Gasteiger partial charge < -0.3 is 24.2 Å². The van der Waals surface area contributed by atoms with Crippen LogP contribution in [0.4, 0.5) is 0 Å². The molecule has 1 amide bonds. The van der Waals surface area contributed by atoms with Crippen LogP contribution in [-0.4, -0.2) is 75.2 Å². The highest BCUT2D eigenvalue weighted by Crippen LogP contribution is 2.49. The summed E-state index contributed by atoms with van der Waals surface area (Å²) in [5.74, 6) is -1.88. The number of hydrogen-bond donors (Lipinski definition) is 3. The Morgan fingerprint density at radius 3 is 2.63 bits per heavy atom. The molecule has 15 nitrogen and oxygen atoms in total. The van der Waals surface area contributed by atoms with E-state index < -0.39 is 74.2 Å². The van der Waals surface area contributed by atoms with E-state index in [-0.39, 0.29) is 5.75 Å². The third-order valence-corrected chi connectivity index (χ3v) is 8.06. The summed E-state index contributed by atoms with van der Waals surface area (Å²) in [6, 6.07) is 10.8. The molecule has 0 bridgehead atoms. The normalized spacial score (nSPS) is 26.1. The maximum Gasteiger partial charge on any atom is 0.459 e. The number of aliphatic hydroxyl groups is 2. The van der Waals surface area contributed by atoms with Crippen molar-refractivity contribution in [3.8, 4) is 5.75 Å². The molecule has 3 N–H and O–H groups in total. The van der Waals surface area contributed by atoms with Crippen molar-refractivity contribution in [1.29, 1.82) is 0 Å². The maximum atomic E-state index is 14.3. The summed E-state index contributed by atoms with van der Waals surface area (Å²) in [5, 5.41) is 29.0. The van der Waals surface area contributed by atoms with Crippen molar-refractivity contribution in [2.75, 3.05) is 6.61 Å². The summed E-state index contributed by atoms with van der Waals surface area (Å²) in [6.07, 6.45) is -3.76. The Hall–Kier alpha value is -3.81. The fourth-order valence-electron chi connectivity index (χ4n) is 4.42. The molecule has 2 aliphatic rings. The van der Waals surface area contributed by atoms with E-state index in [0.717, 1.165) is 22.6 Å². The Morgan fingerprint density at radius 2 is 1.95 bits per heavy atom. The van der Waals surface area contributed by atoms with Crippen LogP contribution in [0.5, 0.6) is 5.75 Å². The summed E-state index contributed by atoms with van der Waals surface area (Å²) in [4.78, 5) is 40.4. The number of ether oxygens (including phenoxy) is 2. The van der Waals surface area contributed by atoms with Crippen molar-refractivity contribution in [3.05, 3.63) is 65.2 Å². The van der Waals surface area contributed by atoms with Crippen LogP contribution in [0, 0.1) is 0 Å². The molecule has 0 aromatic heterocycles. The van der Waals surface area contributed by atoms with Gasteiger partial charge in [-0.2, -0.15) is 5.09 Å². The zero-order chi connectivity index (χ0) is 31.6. The second-order valence-corrected chi connectivity index (χ2v) is 12.7. The molecule has 2 heterocycles. The fourth-order valence-corrected chi connectivity index (χ4v) is 5.96. The number of hydrogen-bond acceptors (Lipinski definition) is 11. The Bertz CT molecular complexity index is 1530. The summed E-state index contributed by atoms with van der Waals surface area (Å²) in [5.41, 5.74) is 6.03. The minimum atomic E-state index is -4.60. The predicted octanol–water partition coefficient (Wildman–Crippen LogP) is 3.06. The smallest absolute Gasteiger partial charge is 0.459 e. The highest BCUT2D eigenvalue weighted by molar-refractivity contribution is 7.52. The first kappa shape index (κ1) is 32.1. The van der Waals surface area contributed by atoms with Crippen molar-refractivity contribution in [1.82, 2.24) is 9.99 Å². The molecule has 0 saturated carbocycles. The molecule has 2 aromatic rings. The molecule has 4 rings (SSSR count). The highest BCUT2D eigenvalue weighted by Gasteiger charge is 2.58. The molecule has 2 aromatic carbocycles. The number of rotatable bonds is 10. The Balaban J connectivity index is 1.66. The van der Waals surface area contributed by atoms with Crippen LogP contribution in [-0.2, 0) is 32.9 Å². The van der Waals surface area contributed by atoms with Gasteiger partial charge in [0.15, 0.2) is 12.0 Å². The SMILES string of the molecule is C[C@H](NP(=O)(OC[C@@]1(N=[N+]=[N-])O[C@@H](N2C=CC(=O)CC2=O)[C@H](O)[C@@H]1O)Oc1cccc2ccccc12)C(=O)OC(C)(C)C. The van der Waals surface area contributed by atoms with Crippen LogP contribution in [0.25, 0.3) is 21.2 Å². The number of ketones is 1. The lowest BCUT2D eigenvalue weighted by Crippen LogP contribution is -2.46. The van der Waals surface area contributed by atoms with Gasteiger partial charge in [-0.05, 0) is 50.8 Å². The minimum absolute atomic E-state index is 0.114. The number of allylic oxidation sites excluding steroid dienone is 1. The number of nitrogens with one attached hydrogen (secondary N) is 1. The number of fused-ring (bicyclic) bond motifs is 1. The van der Waals surface area contributed by atoms with Gasteiger partial charge in [0.25, 0.3) is 0 Å². The zero-order valence-corrected chi connectivity index (χ0v) is 24.7. The Kier molecular flexibility index (Phi) is 9.28. The first-order valence-electron chi connectivity index (χ1n) is 13.2. The average Bonchev–Trinajstić information content (AvgIpc) is 3.17. The molecular weight excluding hydrogens is 585 g/mol. The van der Waals surface area contributed by atoms with E-state index in [1.54, 1.807) is 57.2 Å². The molecule has 0 spiro atoms. The lowest BCUT2D eigenvalue weighted by molar-refractivity contribution is -0.159. The van der Waals surface area contributed by atoms with Crippen LogP contribution in [0.1, 0.15) is 34.1 Å². The van der Waals surface area contributed by atoms with E-state index in [1.165, 1.54) is 13.0 Å². The average molecular weight is 618 g/mol. The number of benzene rings is 2. The van der Waals surface area contributed by atoms with E-state index in [4.69, 9.17) is 18.5 Å². The molecule has 2 aliphatic heterocycles. The van der Waals surface area contributed by atoms with Gasteiger partial charge in [0.05, 0.1) is 13.0 Å². The number of carbonyl (C=O) groups is 3. The van der Waals surface area contributed by atoms with Crippen LogP contribution >= 0.6 is 7.75 Å². The molecule has 1 saturated heterocycles. The quantitative estimate of drug-likeness (QED) is 0.0881. The van der Waals surface area contributed by atoms with Gasteiger partial charge >= 0.3 is 13.7 Å². The minimum Gasteiger partial charge on any atom is -0.459 e.